The zero-order valence-corrected chi connectivity index (χ0v) is 17.6. The molecule has 0 radical (unpaired) electrons. The number of halogens is 4. The maximum atomic E-state index is 13.3. The van der Waals surface area contributed by atoms with Crippen LogP contribution in [0.3, 0.4) is 0 Å². The van der Waals surface area contributed by atoms with Gasteiger partial charge in [-0.15, -0.1) is 0 Å². The topological polar surface area (TPSA) is 78.8 Å². The summed E-state index contributed by atoms with van der Waals surface area (Å²) in [5.74, 6) is -1.45. The van der Waals surface area contributed by atoms with E-state index in [1.807, 2.05) is 0 Å². The number of benzene rings is 3. The lowest BCUT2D eigenvalue weighted by Gasteiger charge is -2.23. The summed E-state index contributed by atoms with van der Waals surface area (Å²) in [4.78, 5) is 12.3. The Labute approximate surface area is 187 Å². The highest BCUT2D eigenvalue weighted by atomic mass is 32.2. The third-order valence-electron chi connectivity index (χ3n) is 4.35. The number of anilines is 1. The maximum Gasteiger partial charge on any atom is 0.416 e. The zero-order valence-electron chi connectivity index (χ0n) is 16.8. The van der Waals surface area contributed by atoms with Gasteiger partial charge in [0.15, 0.2) is 0 Å². The minimum atomic E-state index is -4.53. The highest BCUT2D eigenvalue weighted by Gasteiger charge is 2.30. The lowest BCUT2D eigenvalue weighted by Crippen LogP contribution is -2.39. The van der Waals surface area contributed by atoms with Gasteiger partial charge in [-0.05, 0) is 54.1 Å². The maximum absolute atomic E-state index is 13.3. The fourth-order valence-electron chi connectivity index (χ4n) is 2.78. The van der Waals surface area contributed by atoms with E-state index in [9.17, 15) is 30.8 Å². The SMILES string of the molecule is O=C(CN(c1ccc(F)cc1)S(=O)(=O)c1ccccc1)N/N=C\c1cccc(C(F)(F)F)c1. The van der Waals surface area contributed by atoms with Crippen molar-refractivity contribution in [3.8, 4) is 0 Å². The van der Waals surface area contributed by atoms with Gasteiger partial charge >= 0.3 is 6.18 Å². The number of carbonyl (C=O) groups is 1. The third-order valence-corrected chi connectivity index (χ3v) is 6.14. The lowest BCUT2D eigenvalue weighted by molar-refractivity contribution is -0.137. The molecule has 3 aromatic carbocycles. The van der Waals surface area contributed by atoms with Crippen LogP contribution in [0.1, 0.15) is 11.1 Å². The summed E-state index contributed by atoms with van der Waals surface area (Å²) in [7, 11) is -4.19. The molecule has 1 amide bonds. The standard InChI is InChI=1S/C22H17F4N3O3S/c23-18-9-11-19(12-10-18)29(33(31,32)20-7-2-1-3-8-20)15-21(30)28-27-14-16-5-4-6-17(13-16)22(24,25)26/h1-14H,15H2,(H,28,30)/b27-14-. The number of nitrogens with one attached hydrogen (secondary N) is 1. The van der Waals surface area contributed by atoms with Crippen molar-refractivity contribution in [3.05, 3.63) is 95.8 Å². The normalized spacial score (nSPS) is 12.0. The van der Waals surface area contributed by atoms with E-state index in [0.717, 1.165) is 34.8 Å². The van der Waals surface area contributed by atoms with Gasteiger partial charge in [0.1, 0.15) is 12.4 Å². The van der Waals surface area contributed by atoms with E-state index in [0.29, 0.717) is 0 Å². The van der Waals surface area contributed by atoms with Crippen LogP contribution in [0.4, 0.5) is 23.2 Å². The summed E-state index contributed by atoms with van der Waals surface area (Å²) in [5.41, 5.74) is 1.33. The quantitative estimate of drug-likeness (QED) is 0.314. The molecule has 0 aliphatic carbocycles. The van der Waals surface area contributed by atoms with E-state index in [1.165, 1.54) is 48.5 Å². The minimum Gasteiger partial charge on any atom is -0.271 e. The lowest BCUT2D eigenvalue weighted by atomic mass is 10.1. The highest BCUT2D eigenvalue weighted by molar-refractivity contribution is 7.92. The van der Waals surface area contributed by atoms with E-state index in [2.05, 4.69) is 10.5 Å². The minimum absolute atomic E-state index is 0.0391. The Morgan fingerprint density at radius 2 is 1.64 bits per heavy atom. The predicted molar refractivity (Wildman–Crippen MR) is 115 cm³/mol. The Bertz CT molecular complexity index is 1250. The number of hydrogen-bond donors (Lipinski definition) is 1. The molecule has 0 aliphatic rings. The molecule has 0 saturated carbocycles. The van der Waals surface area contributed by atoms with Crippen LogP contribution in [0.5, 0.6) is 0 Å². The summed E-state index contributed by atoms with van der Waals surface area (Å²) in [6.07, 6.45) is -3.53. The Morgan fingerprint density at radius 1 is 0.970 bits per heavy atom. The molecule has 0 aliphatic heterocycles. The number of carbonyl (C=O) groups excluding carboxylic acids is 1. The Balaban J connectivity index is 1.80. The van der Waals surface area contributed by atoms with Gasteiger partial charge in [0.25, 0.3) is 15.9 Å². The number of amides is 1. The number of nitrogens with zero attached hydrogens (tertiary/aromatic N) is 2. The van der Waals surface area contributed by atoms with Crippen LogP contribution < -0.4 is 9.73 Å². The molecule has 3 rings (SSSR count). The van der Waals surface area contributed by atoms with Gasteiger partial charge in [0.05, 0.1) is 22.4 Å². The molecule has 3 aromatic rings. The molecule has 0 heterocycles. The second-order valence-electron chi connectivity index (χ2n) is 6.72. The number of hydrazone groups is 1. The number of hydrogen-bond acceptors (Lipinski definition) is 4. The zero-order chi connectivity index (χ0) is 24.1. The first-order valence-electron chi connectivity index (χ1n) is 9.40. The van der Waals surface area contributed by atoms with Crippen molar-refractivity contribution in [1.82, 2.24) is 5.43 Å². The van der Waals surface area contributed by atoms with Crippen molar-refractivity contribution < 1.29 is 30.8 Å². The molecule has 0 saturated heterocycles. The van der Waals surface area contributed by atoms with Gasteiger partial charge in [-0.25, -0.2) is 18.2 Å². The van der Waals surface area contributed by atoms with Gasteiger partial charge < -0.3 is 0 Å². The average molecular weight is 479 g/mol. The van der Waals surface area contributed by atoms with Crippen molar-refractivity contribution in [2.45, 2.75) is 11.1 Å². The molecule has 0 fully saturated rings. The Morgan fingerprint density at radius 3 is 2.27 bits per heavy atom. The van der Waals surface area contributed by atoms with Gasteiger partial charge in [-0.3, -0.25) is 9.10 Å². The van der Waals surface area contributed by atoms with E-state index in [-0.39, 0.29) is 16.1 Å². The summed E-state index contributed by atoms with van der Waals surface area (Å²) < 4.78 is 78.7. The monoisotopic (exact) mass is 479 g/mol. The summed E-state index contributed by atoms with van der Waals surface area (Å²) >= 11 is 0. The van der Waals surface area contributed by atoms with Crippen molar-refractivity contribution in [3.63, 3.8) is 0 Å². The first-order valence-corrected chi connectivity index (χ1v) is 10.8. The van der Waals surface area contributed by atoms with Gasteiger partial charge in [-0.1, -0.05) is 30.3 Å². The molecule has 33 heavy (non-hydrogen) atoms. The highest BCUT2D eigenvalue weighted by Crippen LogP contribution is 2.29. The molecule has 0 unspecified atom stereocenters. The first kappa shape index (κ1) is 23.9. The van der Waals surface area contributed by atoms with Gasteiger partial charge in [0.2, 0.25) is 0 Å². The third kappa shape index (κ3) is 6.16. The molecule has 6 nitrogen and oxygen atoms in total. The summed E-state index contributed by atoms with van der Waals surface area (Å²) in [5, 5.41) is 3.61. The molecule has 11 heteroatoms. The van der Waals surface area contributed by atoms with Crippen molar-refractivity contribution >= 4 is 27.8 Å². The van der Waals surface area contributed by atoms with Crippen LogP contribution in [0.25, 0.3) is 0 Å². The molecule has 172 valence electrons. The second kappa shape index (κ2) is 9.82. The van der Waals surface area contributed by atoms with Crippen molar-refractivity contribution in [2.75, 3.05) is 10.8 Å². The Kier molecular flexibility index (Phi) is 7.12. The fraction of sp³-hybridized carbons (Fsp3) is 0.0909. The summed E-state index contributed by atoms with van der Waals surface area (Å²) in [6, 6.07) is 16.1. The Hall–Kier alpha value is -3.73. The largest absolute Gasteiger partial charge is 0.416 e. The number of alkyl halides is 3. The average Bonchev–Trinajstić information content (AvgIpc) is 2.78. The summed E-state index contributed by atoms with van der Waals surface area (Å²) in [6.45, 7) is -0.706. The van der Waals surface area contributed by atoms with Crippen LogP contribution in [-0.4, -0.2) is 27.1 Å². The molecule has 0 spiro atoms. The molecular formula is C22H17F4N3O3S. The molecule has 0 bridgehead atoms. The van der Waals surface area contributed by atoms with E-state index < -0.39 is 40.0 Å². The van der Waals surface area contributed by atoms with E-state index in [4.69, 9.17) is 0 Å². The van der Waals surface area contributed by atoms with Crippen LogP contribution >= 0.6 is 0 Å². The van der Waals surface area contributed by atoms with Gasteiger partial charge in [-0.2, -0.15) is 18.3 Å². The van der Waals surface area contributed by atoms with Crippen LogP contribution in [-0.2, 0) is 21.0 Å². The molecular weight excluding hydrogens is 462 g/mol. The fourth-order valence-corrected chi connectivity index (χ4v) is 4.22. The molecule has 1 N–H and O–H groups in total. The van der Waals surface area contributed by atoms with Gasteiger partial charge in [0, 0.05) is 0 Å². The van der Waals surface area contributed by atoms with Crippen molar-refractivity contribution in [1.29, 1.82) is 0 Å². The first-order chi connectivity index (χ1) is 15.6. The number of sulfonamides is 1. The predicted octanol–water partition coefficient (Wildman–Crippen LogP) is 4.19. The van der Waals surface area contributed by atoms with E-state index >= 15 is 0 Å². The molecule has 0 aromatic heterocycles. The van der Waals surface area contributed by atoms with Crippen LogP contribution in [0, 0.1) is 5.82 Å². The second-order valence-corrected chi connectivity index (χ2v) is 8.58. The van der Waals surface area contributed by atoms with Crippen molar-refractivity contribution in [2.24, 2.45) is 5.10 Å². The number of rotatable bonds is 7. The molecule has 0 atom stereocenters. The van der Waals surface area contributed by atoms with E-state index in [1.54, 1.807) is 6.07 Å². The van der Waals surface area contributed by atoms with Crippen LogP contribution in [0.15, 0.2) is 88.9 Å². The van der Waals surface area contributed by atoms with Crippen LogP contribution in [0.2, 0.25) is 0 Å². The smallest absolute Gasteiger partial charge is 0.271 e.